The monoisotopic (exact) mass is 471 g/mol. The molecule has 2 N–H and O–H groups in total. The number of halogens is 3. The van der Waals surface area contributed by atoms with E-state index in [2.05, 4.69) is 40.7 Å². The molecule has 3 aromatic rings. The number of nitrogens with one attached hydrogen (secondary N) is 2. The second-order valence-corrected chi connectivity index (χ2v) is 8.50. The van der Waals surface area contributed by atoms with Crippen LogP contribution in [0.15, 0.2) is 54.6 Å². The van der Waals surface area contributed by atoms with E-state index in [0.717, 1.165) is 12.5 Å². The molecule has 0 spiro atoms. The van der Waals surface area contributed by atoms with Crippen LogP contribution in [0.3, 0.4) is 0 Å². The van der Waals surface area contributed by atoms with Gasteiger partial charge in [0.05, 0.1) is 0 Å². The van der Waals surface area contributed by atoms with Crippen LogP contribution < -0.4 is 10.6 Å². The summed E-state index contributed by atoms with van der Waals surface area (Å²) in [5.41, 5.74) is 3.97. The summed E-state index contributed by atoms with van der Waals surface area (Å²) in [4.78, 5) is 16.9. The molecule has 0 unspecified atom stereocenters. The Bertz CT molecular complexity index is 1070. The molecule has 1 amide bonds. The highest BCUT2D eigenvalue weighted by atomic mass is 35.5. The van der Waals surface area contributed by atoms with Crippen molar-refractivity contribution >= 4 is 17.5 Å². The fraction of sp³-hybridized carbons (Fsp3) is 0.308. The Hall–Kier alpha value is -2.83. The SMILES string of the molecule is CCc1cccc(CNCC[C@H](Cc2cc(F)cc(F)c2)NC(=O)c2cc(C)nc(Cl)c2)c1. The van der Waals surface area contributed by atoms with Gasteiger partial charge in [-0.1, -0.05) is 42.8 Å². The third-order valence-electron chi connectivity index (χ3n) is 5.32. The van der Waals surface area contributed by atoms with E-state index in [4.69, 9.17) is 11.6 Å². The summed E-state index contributed by atoms with van der Waals surface area (Å²) < 4.78 is 27.4. The number of hydrogen-bond acceptors (Lipinski definition) is 3. The topological polar surface area (TPSA) is 54.0 Å². The number of benzene rings is 2. The first kappa shape index (κ1) is 24.8. The highest BCUT2D eigenvalue weighted by Gasteiger charge is 2.16. The van der Waals surface area contributed by atoms with Crippen LogP contribution in [-0.2, 0) is 19.4 Å². The zero-order valence-corrected chi connectivity index (χ0v) is 19.6. The molecule has 0 aliphatic rings. The van der Waals surface area contributed by atoms with Crippen molar-refractivity contribution in [1.29, 1.82) is 0 Å². The molecule has 0 fully saturated rings. The molecule has 0 aliphatic heterocycles. The quantitative estimate of drug-likeness (QED) is 0.307. The molecule has 2 aromatic carbocycles. The van der Waals surface area contributed by atoms with Crippen LogP contribution in [0.5, 0.6) is 0 Å². The van der Waals surface area contributed by atoms with Gasteiger partial charge in [-0.2, -0.15) is 0 Å². The summed E-state index contributed by atoms with van der Waals surface area (Å²) in [6.45, 7) is 5.19. The minimum Gasteiger partial charge on any atom is -0.349 e. The fourth-order valence-electron chi connectivity index (χ4n) is 3.74. The number of nitrogens with zero attached hydrogens (tertiary/aromatic N) is 1. The van der Waals surface area contributed by atoms with Crippen LogP contribution in [0.2, 0.25) is 5.15 Å². The Morgan fingerprint density at radius 1 is 1.03 bits per heavy atom. The molecule has 7 heteroatoms. The lowest BCUT2D eigenvalue weighted by Crippen LogP contribution is -2.38. The van der Waals surface area contributed by atoms with Crippen LogP contribution in [-0.4, -0.2) is 23.5 Å². The number of rotatable bonds is 10. The molecule has 3 rings (SSSR count). The number of hydrogen-bond donors (Lipinski definition) is 2. The molecule has 1 aromatic heterocycles. The van der Waals surface area contributed by atoms with Crippen molar-refractivity contribution in [2.45, 2.75) is 45.7 Å². The molecule has 33 heavy (non-hydrogen) atoms. The van der Waals surface area contributed by atoms with Gasteiger partial charge >= 0.3 is 0 Å². The lowest BCUT2D eigenvalue weighted by Gasteiger charge is -2.20. The predicted molar refractivity (Wildman–Crippen MR) is 127 cm³/mol. The second-order valence-electron chi connectivity index (χ2n) is 8.11. The van der Waals surface area contributed by atoms with Gasteiger partial charge in [0.25, 0.3) is 5.91 Å². The smallest absolute Gasteiger partial charge is 0.251 e. The highest BCUT2D eigenvalue weighted by Crippen LogP contribution is 2.14. The lowest BCUT2D eigenvalue weighted by molar-refractivity contribution is 0.0934. The van der Waals surface area contributed by atoms with Crippen LogP contribution in [0, 0.1) is 18.6 Å². The van der Waals surface area contributed by atoms with Gasteiger partial charge in [0.2, 0.25) is 0 Å². The van der Waals surface area contributed by atoms with Gasteiger partial charge < -0.3 is 10.6 Å². The van der Waals surface area contributed by atoms with Gasteiger partial charge in [0.1, 0.15) is 16.8 Å². The maximum Gasteiger partial charge on any atom is 0.251 e. The third kappa shape index (κ3) is 7.91. The van der Waals surface area contributed by atoms with Crippen molar-refractivity contribution in [1.82, 2.24) is 15.6 Å². The zero-order chi connectivity index (χ0) is 23.8. The van der Waals surface area contributed by atoms with Crippen molar-refractivity contribution < 1.29 is 13.6 Å². The highest BCUT2D eigenvalue weighted by molar-refractivity contribution is 6.29. The Kier molecular flexibility index (Phi) is 8.92. The Balaban J connectivity index is 1.66. The average Bonchev–Trinajstić information content (AvgIpc) is 2.75. The molecule has 1 atom stereocenters. The third-order valence-corrected chi connectivity index (χ3v) is 5.52. The minimum absolute atomic E-state index is 0.236. The molecule has 1 heterocycles. The van der Waals surface area contributed by atoms with E-state index in [1.807, 2.05) is 6.07 Å². The number of aryl methyl sites for hydroxylation is 2. The van der Waals surface area contributed by atoms with E-state index in [1.165, 1.54) is 29.3 Å². The Labute approximate surface area is 198 Å². The average molecular weight is 472 g/mol. The maximum atomic E-state index is 13.7. The molecule has 4 nitrogen and oxygen atoms in total. The predicted octanol–water partition coefficient (Wildman–Crippen LogP) is 5.41. The molecule has 0 bridgehead atoms. The van der Waals surface area contributed by atoms with Crippen LogP contribution in [0.25, 0.3) is 0 Å². The summed E-state index contributed by atoms with van der Waals surface area (Å²) in [6, 6.07) is 14.6. The van der Waals surface area contributed by atoms with Gasteiger partial charge in [0.15, 0.2) is 0 Å². The van der Waals surface area contributed by atoms with Crippen molar-refractivity contribution in [3.8, 4) is 0 Å². The van der Waals surface area contributed by atoms with E-state index in [9.17, 15) is 13.6 Å². The standard InChI is InChI=1S/C26H28ClF2N3O/c1-3-18-5-4-6-19(10-18)16-30-8-7-24(13-20-11-22(28)15-23(29)12-20)32-26(33)21-9-17(2)31-25(27)14-21/h4-6,9-12,14-15,24,30H,3,7-8,13,16H2,1-2H3,(H,32,33)/t24-/m1/s1. The van der Waals surface area contributed by atoms with Crippen molar-refractivity contribution in [2.75, 3.05) is 6.54 Å². The molecule has 0 aliphatic carbocycles. The maximum absolute atomic E-state index is 13.7. The van der Waals surface area contributed by atoms with E-state index in [0.29, 0.717) is 42.8 Å². The first-order valence-corrected chi connectivity index (χ1v) is 11.4. The first-order valence-electron chi connectivity index (χ1n) is 11.0. The number of amides is 1. The molecule has 0 radical (unpaired) electrons. The van der Waals surface area contributed by atoms with Gasteiger partial charge in [-0.05, 0) is 73.7 Å². The minimum atomic E-state index is -0.638. The van der Waals surface area contributed by atoms with E-state index < -0.39 is 11.6 Å². The van der Waals surface area contributed by atoms with Crippen molar-refractivity contribution in [3.05, 3.63) is 99.3 Å². The molecular weight excluding hydrogens is 444 g/mol. The van der Waals surface area contributed by atoms with Crippen molar-refractivity contribution in [2.24, 2.45) is 0 Å². The van der Waals surface area contributed by atoms with E-state index in [-0.39, 0.29) is 17.1 Å². The Morgan fingerprint density at radius 3 is 2.45 bits per heavy atom. The van der Waals surface area contributed by atoms with Gasteiger partial charge in [-0.3, -0.25) is 4.79 Å². The lowest BCUT2D eigenvalue weighted by atomic mass is 10.0. The zero-order valence-electron chi connectivity index (χ0n) is 18.8. The first-order chi connectivity index (χ1) is 15.8. The summed E-state index contributed by atoms with van der Waals surface area (Å²) in [5.74, 6) is -1.58. The van der Waals surface area contributed by atoms with Crippen LogP contribution in [0.1, 0.15) is 46.1 Å². The number of pyridine rings is 1. The summed E-state index contributed by atoms with van der Waals surface area (Å²) in [6.07, 6.45) is 1.85. The molecule has 0 saturated heterocycles. The van der Waals surface area contributed by atoms with Crippen LogP contribution in [0.4, 0.5) is 8.78 Å². The molecule has 0 saturated carbocycles. The summed E-state index contributed by atoms with van der Waals surface area (Å²) in [5, 5.41) is 6.61. The largest absolute Gasteiger partial charge is 0.349 e. The van der Waals surface area contributed by atoms with Gasteiger partial charge in [-0.25, -0.2) is 13.8 Å². The Morgan fingerprint density at radius 2 is 1.76 bits per heavy atom. The number of carbonyl (C=O) groups excluding carboxylic acids is 1. The number of aromatic nitrogens is 1. The normalized spacial score (nSPS) is 11.9. The van der Waals surface area contributed by atoms with Crippen LogP contribution >= 0.6 is 11.6 Å². The summed E-state index contributed by atoms with van der Waals surface area (Å²) >= 11 is 5.99. The van der Waals surface area contributed by atoms with Gasteiger partial charge in [0, 0.05) is 29.9 Å². The van der Waals surface area contributed by atoms with Crippen molar-refractivity contribution in [3.63, 3.8) is 0 Å². The summed E-state index contributed by atoms with van der Waals surface area (Å²) in [7, 11) is 0. The fourth-order valence-corrected chi connectivity index (χ4v) is 3.99. The second kappa shape index (κ2) is 11.9. The molecular formula is C26H28ClF2N3O. The van der Waals surface area contributed by atoms with E-state index >= 15 is 0 Å². The van der Waals surface area contributed by atoms with Gasteiger partial charge in [-0.15, -0.1) is 0 Å². The van der Waals surface area contributed by atoms with E-state index in [1.54, 1.807) is 13.0 Å². The number of carbonyl (C=O) groups is 1. The molecule has 174 valence electrons.